The van der Waals surface area contributed by atoms with Crippen molar-refractivity contribution < 1.29 is 31.1 Å². The summed E-state index contributed by atoms with van der Waals surface area (Å²) in [5.74, 6) is -10.3. The van der Waals surface area contributed by atoms with Gasteiger partial charge in [0.05, 0.1) is 0 Å². The molecule has 19 heavy (non-hydrogen) atoms. The van der Waals surface area contributed by atoms with Gasteiger partial charge in [-0.2, -0.15) is 22.0 Å². The van der Waals surface area contributed by atoms with E-state index in [1.54, 1.807) is 0 Å². The van der Waals surface area contributed by atoms with Crippen molar-refractivity contribution in [2.24, 2.45) is 5.73 Å². The third-order valence-corrected chi connectivity index (χ3v) is 2.26. The van der Waals surface area contributed by atoms with Crippen LogP contribution in [0.15, 0.2) is 30.3 Å². The Kier molecular flexibility index (Phi) is 3.69. The van der Waals surface area contributed by atoms with E-state index in [4.69, 9.17) is 0 Å². The third kappa shape index (κ3) is 2.59. The molecule has 0 fully saturated rings. The first-order valence-electron chi connectivity index (χ1n) is 4.79. The van der Waals surface area contributed by atoms with Crippen molar-refractivity contribution in [3.63, 3.8) is 0 Å². The van der Waals surface area contributed by atoms with Crippen molar-refractivity contribution in [1.29, 1.82) is 0 Å². The molecule has 9 heteroatoms. The third-order valence-electron chi connectivity index (χ3n) is 2.26. The quantitative estimate of drug-likeness (QED) is 0.651. The largest absolute Gasteiger partial charge is 0.448 e. The highest BCUT2D eigenvalue weighted by Gasteiger charge is 2.72. The van der Waals surface area contributed by atoms with Crippen molar-refractivity contribution in [2.45, 2.75) is 17.9 Å². The molecule has 0 saturated carbocycles. The molecule has 0 radical (unpaired) electrons. The summed E-state index contributed by atoms with van der Waals surface area (Å²) in [6.45, 7) is 0. The zero-order valence-corrected chi connectivity index (χ0v) is 9.14. The van der Waals surface area contributed by atoms with Gasteiger partial charge in [-0.3, -0.25) is 5.32 Å². The van der Waals surface area contributed by atoms with Gasteiger partial charge in [-0.15, -0.1) is 0 Å². The van der Waals surface area contributed by atoms with Crippen LogP contribution in [0.2, 0.25) is 0 Å². The van der Waals surface area contributed by atoms with Crippen LogP contribution in [-0.4, -0.2) is 18.0 Å². The number of carbonyl (C=O) groups is 1. The summed E-state index contributed by atoms with van der Waals surface area (Å²) in [6.07, 6.45) is -6.05. The first-order chi connectivity index (χ1) is 8.52. The van der Waals surface area contributed by atoms with Crippen LogP contribution in [0, 0.1) is 0 Å². The maximum Gasteiger partial charge on any atom is 0.448 e. The fourth-order valence-electron chi connectivity index (χ4n) is 1.34. The molecule has 106 valence electrons. The molecule has 0 spiro atoms. The first-order valence-corrected chi connectivity index (χ1v) is 4.79. The minimum Gasteiger partial charge on any atom is -0.352 e. The molecule has 0 aromatic heterocycles. The number of urea groups is 1. The lowest BCUT2D eigenvalue weighted by atomic mass is 9.98. The van der Waals surface area contributed by atoms with E-state index in [0.717, 1.165) is 12.1 Å². The lowest BCUT2D eigenvalue weighted by Gasteiger charge is -2.34. The van der Waals surface area contributed by atoms with Gasteiger partial charge in [0.25, 0.3) is 0 Å². The number of hydrogen-bond donors (Lipinski definition) is 2. The summed E-state index contributed by atoms with van der Waals surface area (Å²) in [5.41, 5.74) is 3.08. The average molecular weight is 286 g/mol. The smallest absolute Gasteiger partial charge is 0.352 e. The SMILES string of the molecule is NC(=O)NC(F)(C(F)(F)F)C(F)(F)c1ccccc1. The number of benzene rings is 1. The molecule has 1 atom stereocenters. The van der Waals surface area contributed by atoms with E-state index < -0.39 is 29.5 Å². The molecular formula is C10H8F6N2O. The van der Waals surface area contributed by atoms with Crippen LogP contribution in [0.5, 0.6) is 0 Å². The highest BCUT2D eigenvalue weighted by molar-refractivity contribution is 5.72. The number of rotatable bonds is 3. The van der Waals surface area contributed by atoms with Crippen LogP contribution in [0.25, 0.3) is 0 Å². The van der Waals surface area contributed by atoms with Crippen LogP contribution >= 0.6 is 0 Å². The summed E-state index contributed by atoms with van der Waals surface area (Å²) < 4.78 is 78.7. The highest BCUT2D eigenvalue weighted by Crippen LogP contribution is 2.48. The summed E-state index contributed by atoms with van der Waals surface area (Å²) in [5, 5.41) is 0.432. The van der Waals surface area contributed by atoms with E-state index in [1.165, 1.54) is 6.07 Å². The van der Waals surface area contributed by atoms with Gasteiger partial charge in [0.2, 0.25) is 0 Å². The number of alkyl halides is 6. The zero-order chi connectivity index (χ0) is 14.9. The minimum atomic E-state index is -6.05. The molecule has 3 nitrogen and oxygen atoms in total. The average Bonchev–Trinajstić information content (AvgIpc) is 2.27. The second-order valence-corrected chi connectivity index (χ2v) is 3.59. The normalized spacial score (nSPS) is 15.7. The number of hydrogen-bond acceptors (Lipinski definition) is 1. The molecular weight excluding hydrogens is 278 g/mol. The molecule has 0 bridgehead atoms. The topological polar surface area (TPSA) is 55.1 Å². The van der Waals surface area contributed by atoms with Crippen LogP contribution in [0.1, 0.15) is 5.56 Å². The zero-order valence-electron chi connectivity index (χ0n) is 9.14. The number of carbonyl (C=O) groups excluding carboxylic acids is 1. The maximum atomic E-state index is 13.7. The van der Waals surface area contributed by atoms with Crippen LogP contribution in [0.3, 0.4) is 0 Å². The number of primary amides is 1. The summed E-state index contributed by atoms with van der Waals surface area (Å²) in [6, 6.07) is 2.41. The van der Waals surface area contributed by atoms with E-state index in [2.05, 4.69) is 5.73 Å². The summed E-state index contributed by atoms with van der Waals surface area (Å²) in [4.78, 5) is 10.4. The standard InChI is InChI=1S/C10H8F6N2O/c11-8(12,6-4-2-1-3-5-6)9(13,10(14,15)16)18-7(17)19/h1-5H,(H3,17,18,19). The molecule has 1 rings (SSSR count). The first kappa shape index (κ1) is 15.1. The fraction of sp³-hybridized carbons (Fsp3) is 0.300. The summed E-state index contributed by atoms with van der Waals surface area (Å²) in [7, 11) is 0. The Morgan fingerprint density at radius 3 is 1.84 bits per heavy atom. The molecule has 0 heterocycles. The van der Waals surface area contributed by atoms with Crippen molar-refractivity contribution in [3.05, 3.63) is 35.9 Å². The second-order valence-electron chi connectivity index (χ2n) is 3.59. The van der Waals surface area contributed by atoms with E-state index in [1.807, 2.05) is 0 Å². The fourth-order valence-corrected chi connectivity index (χ4v) is 1.34. The number of amides is 2. The van der Waals surface area contributed by atoms with Crippen molar-refractivity contribution in [1.82, 2.24) is 5.32 Å². The highest BCUT2D eigenvalue weighted by atomic mass is 19.4. The molecule has 0 aliphatic heterocycles. The monoisotopic (exact) mass is 286 g/mol. The molecule has 0 aliphatic carbocycles. The minimum absolute atomic E-state index is 0.432. The summed E-state index contributed by atoms with van der Waals surface area (Å²) >= 11 is 0. The van der Waals surface area contributed by atoms with E-state index in [-0.39, 0.29) is 0 Å². The molecule has 0 aliphatic rings. The van der Waals surface area contributed by atoms with Gasteiger partial charge in [-0.25, -0.2) is 9.18 Å². The predicted molar refractivity (Wildman–Crippen MR) is 52.9 cm³/mol. The Morgan fingerprint density at radius 2 is 1.47 bits per heavy atom. The molecule has 0 saturated heterocycles. The molecule has 1 aromatic carbocycles. The van der Waals surface area contributed by atoms with Crippen molar-refractivity contribution in [2.75, 3.05) is 0 Å². The van der Waals surface area contributed by atoms with Gasteiger partial charge in [0.15, 0.2) is 0 Å². The van der Waals surface area contributed by atoms with Crippen LogP contribution in [-0.2, 0) is 5.92 Å². The van der Waals surface area contributed by atoms with Gasteiger partial charge in [-0.1, -0.05) is 30.3 Å². The molecule has 2 amide bonds. The lowest BCUT2D eigenvalue weighted by molar-refractivity contribution is -0.314. The maximum absolute atomic E-state index is 13.7. The van der Waals surface area contributed by atoms with Crippen molar-refractivity contribution in [3.8, 4) is 0 Å². The molecule has 1 unspecified atom stereocenters. The Balaban J connectivity index is 3.36. The lowest BCUT2D eigenvalue weighted by Crippen LogP contribution is -2.65. The molecule has 1 aromatic rings. The Morgan fingerprint density at radius 1 is 1.00 bits per heavy atom. The van der Waals surface area contributed by atoms with Gasteiger partial charge >= 0.3 is 23.9 Å². The molecule has 3 N–H and O–H groups in total. The van der Waals surface area contributed by atoms with Gasteiger partial charge < -0.3 is 5.73 Å². The van der Waals surface area contributed by atoms with E-state index in [0.29, 0.717) is 17.4 Å². The van der Waals surface area contributed by atoms with Gasteiger partial charge in [-0.05, 0) is 0 Å². The van der Waals surface area contributed by atoms with Crippen molar-refractivity contribution >= 4 is 6.03 Å². The van der Waals surface area contributed by atoms with Gasteiger partial charge in [0.1, 0.15) is 0 Å². The predicted octanol–water partition coefficient (Wildman–Crippen LogP) is 2.67. The van der Waals surface area contributed by atoms with Gasteiger partial charge in [0, 0.05) is 5.56 Å². The number of halogens is 6. The second kappa shape index (κ2) is 4.63. The van der Waals surface area contributed by atoms with Crippen LogP contribution < -0.4 is 11.1 Å². The number of nitrogens with one attached hydrogen (secondary N) is 1. The van der Waals surface area contributed by atoms with E-state index >= 15 is 0 Å². The van der Waals surface area contributed by atoms with Crippen LogP contribution in [0.4, 0.5) is 31.1 Å². The number of nitrogens with two attached hydrogens (primary N) is 1. The Bertz CT molecular complexity index is 461. The Labute approximate surface area is 103 Å². The Hall–Kier alpha value is -1.93. The van der Waals surface area contributed by atoms with E-state index in [9.17, 15) is 31.1 Å².